The Bertz CT molecular complexity index is 1160. The number of fused-ring (bicyclic) bond motifs is 1. The number of nitrogens with one attached hydrogen (secondary N) is 1. The number of imide groups is 1. The largest absolute Gasteiger partial charge is 0.324 e. The van der Waals surface area contributed by atoms with Crippen LogP contribution in [0.25, 0.3) is 0 Å². The van der Waals surface area contributed by atoms with Gasteiger partial charge in [-0.15, -0.1) is 0 Å². The lowest BCUT2D eigenvalue weighted by molar-refractivity contribution is -0.120. The van der Waals surface area contributed by atoms with E-state index in [1.807, 2.05) is 13.8 Å². The van der Waals surface area contributed by atoms with Crippen LogP contribution in [0, 0.1) is 5.92 Å². The van der Waals surface area contributed by atoms with Crippen LogP contribution < -0.4 is 5.32 Å². The first-order valence-corrected chi connectivity index (χ1v) is 12.9. The number of hydrogen-bond acceptors (Lipinski definition) is 5. The normalized spacial score (nSPS) is 17.5. The number of benzene rings is 2. The highest BCUT2D eigenvalue weighted by Crippen LogP contribution is 2.31. The van der Waals surface area contributed by atoms with Gasteiger partial charge in [0.25, 0.3) is 11.8 Å². The molecule has 174 valence electrons. The summed E-state index contributed by atoms with van der Waals surface area (Å²) in [6, 6.07) is 11.7. The van der Waals surface area contributed by atoms with Gasteiger partial charge in [-0.1, -0.05) is 44.9 Å². The Balaban J connectivity index is 1.59. The molecule has 1 heterocycles. The molecule has 1 saturated carbocycles. The van der Waals surface area contributed by atoms with Crippen LogP contribution in [0.2, 0.25) is 0 Å². The molecule has 1 atom stereocenters. The first-order chi connectivity index (χ1) is 15.7. The lowest BCUT2D eigenvalue weighted by Crippen LogP contribution is -2.47. The van der Waals surface area contributed by atoms with Crippen LogP contribution in [0.5, 0.6) is 0 Å². The van der Waals surface area contributed by atoms with Crippen molar-refractivity contribution in [1.29, 1.82) is 0 Å². The van der Waals surface area contributed by atoms with Crippen LogP contribution in [0.3, 0.4) is 0 Å². The summed E-state index contributed by atoms with van der Waals surface area (Å²) in [5.41, 5.74) is 0.895. The Kier molecular flexibility index (Phi) is 6.38. The average Bonchev–Trinajstić information content (AvgIpc) is 3.41. The van der Waals surface area contributed by atoms with Gasteiger partial charge in [0.15, 0.2) is 9.84 Å². The van der Waals surface area contributed by atoms with Crippen molar-refractivity contribution >= 4 is 33.2 Å². The second kappa shape index (κ2) is 9.09. The van der Waals surface area contributed by atoms with Gasteiger partial charge in [-0.05, 0) is 55.5 Å². The van der Waals surface area contributed by atoms with Crippen molar-refractivity contribution in [2.45, 2.75) is 62.1 Å². The molecule has 7 nitrogen and oxygen atoms in total. The molecule has 0 aromatic heterocycles. The van der Waals surface area contributed by atoms with Crippen molar-refractivity contribution in [2.75, 3.05) is 5.32 Å². The molecular formula is C25H28N2O5S. The number of nitrogens with zero attached hydrogens (tertiary/aromatic N) is 1. The maximum atomic E-state index is 13.3. The Morgan fingerprint density at radius 3 is 2.18 bits per heavy atom. The number of rotatable bonds is 7. The molecule has 0 saturated heterocycles. The van der Waals surface area contributed by atoms with Crippen molar-refractivity contribution in [3.05, 3.63) is 59.7 Å². The molecule has 0 spiro atoms. The van der Waals surface area contributed by atoms with Crippen LogP contribution in [0.4, 0.5) is 5.69 Å². The minimum absolute atomic E-state index is 0.0409. The number of amides is 3. The van der Waals surface area contributed by atoms with Crippen molar-refractivity contribution in [3.63, 3.8) is 0 Å². The maximum Gasteiger partial charge on any atom is 0.262 e. The van der Waals surface area contributed by atoms with Crippen LogP contribution in [-0.2, 0) is 14.6 Å². The lowest BCUT2D eigenvalue weighted by atomic mass is 10.0. The second-order valence-electron chi connectivity index (χ2n) is 9.14. The molecule has 33 heavy (non-hydrogen) atoms. The van der Waals surface area contributed by atoms with E-state index in [9.17, 15) is 22.8 Å². The SMILES string of the molecule is CC(C)CC(C(=O)Nc1cccc(S(=O)(=O)C2CCCC2)c1)N1C(=O)c2ccccc2C1=O. The Hall–Kier alpha value is -3.00. The molecule has 1 aliphatic heterocycles. The fraction of sp³-hybridized carbons (Fsp3) is 0.400. The molecule has 0 radical (unpaired) electrons. The van der Waals surface area contributed by atoms with Gasteiger partial charge < -0.3 is 5.32 Å². The van der Waals surface area contributed by atoms with E-state index in [-0.39, 0.29) is 28.4 Å². The van der Waals surface area contributed by atoms with Crippen LogP contribution >= 0.6 is 0 Å². The van der Waals surface area contributed by atoms with E-state index in [1.165, 1.54) is 6.07 Å². The fourth-order valence-electron chi connectivity index (χ4n) is 4.63. The highest BCUT2D eigenvalue weighted by molar-refractivity contribution is 7.92. The number of carbonyl (C=O) groups excluding carboxylic acids is 3. The van der Waals surface area contributed by atoms with Gasteiger partial charge in [0.1, 0.15) is 6.04 Å². The van der Waals surface area contributed by atoms with Crippen molar-refractivity contribution in [3.8, 4) is 0 Å². The Labute approximate surface area is 194 Å². The first-order valence-electron chi connectivity index (χ1n) is 11.3. The predicted octanol–water partition coefficient (Wildman–Crippen LogP) is 4.05. The molecule has 1 unspecified atom stereocenters. The van der Waals surface area contributed by atoms with Crippen molar-refractivity contribution < 1.29 is 22.8 Å². The molecule has 1 aliphatic carbocycles. The molecule has 4 rings (SSSR count). The van der Waals surface area contributed by atoms with E-state index in [0.29, 0.717) is 18.5 Å². The fourth-order valence-corrected chi connectivity index (χ4v) is 6.53. The van der Waals surface area contributed by atoms with Gasteiger partial charge in [0.2, 0.25) is 5.91 Å². The first kappa shape index (κ1) is 23.2. The van der Waals surface area contributed by atoms with Crippen molar-refractivity contribution in [1.82, 2.24) is 4.90 Å². The minimum Gasteiger partial charge on any atom is -0.324 e. The molecular weight excluding hydrogens is 440 g/mol. The topological polar surface area (TPSA) is 101 Å². The average molecular weight is 469 g/mol. The zero-order chi connectivity index (χ0) is 23.8. The maximum absolute atomic E-state index is 13.3. The number of hydrogen-bond donors (Lipinski definition) is 1. The van der Waals surface area contributed by atoms with E-state index >= 15 is 0 Å². The van der Waals surface area contributed by atoms with Crippen LogP contribution in [-0.4, -0.2) is 42.3 Å². The summed E-state index contributed by atoms with van der Waals surface area (Å²) >= 11 is 0. The summed E-state index contributed by atoms with van der Waals surface area (Å²) in [4.78, 5) is 40.4. The summed E-state index contributed by atoms with van der Waals surface area (Å²) in [7, 11) is -3.48. The van der Waals surface area contributed by atoms with Crippen LogP contribution in [0.1, 0.15) is 66.7 Å². The summed E-state index contributed by atoms with van der Waals surface area (Å²) in [6.45, 7) is 3.82. The van der Waals surface area contributed by atoms with E-state index in [1.54, 1.807) is 42.5 Å². The van der Waals surface area contributed by atoms with Gasteiger partial charge in [-0.2, -0.15) is 0 Å². The van der Waals surface area contributed by atoms with E-state index < -0.39 is 38.9 Å². The van der Waals surface area contributed by atoms with Gasteiger partial charge in [0, 0.05) is 5.69 Å². The number of carbonyl (C=O) groups is 3. The highest BCUT2D eigenvalue weighted by Gasteiger charge is 2.42. The quantitative estimate of drug-likeness (QED) is 0.618. The Morgan fingerprint density at radius 1 is 1.00 bits per heavy atom. The summed E-state index contributed by atoms with van der Waals surface area (Å²) in [5.74, 6) is -1.46. The smallest absolute Gasteiger partial charge is 0.262 e. The number of anilines is 1. The third-order valence-electron chi connectivity index (χ3n) is 6.31. The van der Waals surface area contributed by atoms with Gasteiger partial charge >= 0.3 is 0 Å². The standard InChI is InChI=1S/C25H28N2O5S/c1-16(2)14-22(27-24(29)20-12-5-6-13-21(20)25(27)30)23(28)26-17-8-7-11-19(15-17)33(31,32)18-9-3-4-10-18/h5-8,11-13,15-16,18,22H,3-4,9-10,14H2,1-2H3,(H,26,28). The van der Waals surface area contributed by atoms with Gasteiger partial charge in [-0.25, -0.2) is 8.42 Å². The summed E-state index contributed by atoms with van der Waals surface area (Å²) in [6.07, 6.45) is 3.39. The van der Waals surface area contributed by atoms with Gasteiger partial charge in [0.05, 0.1) is 21.3 Å². The summed E-state index contributed by atoms with van der Waals surface area (Å²) < 4.78 is 25.9. The third-order valence-corrected chi connectivity index (χ3v) is 8.57. The zero-order valence-electron chi connectivity index (χ0n) is 18.8. The highest BCUT2D eigenvalue weighted by atomic mass is 32.2. The van der Waals surface area contributed by atoms with Crippen molar-refractivity contribution in [2.24, 2.45) is 5.92 Å². The van der Waals surface area contributed by atoms with E-state index in [2.05, 4.69) is 5.32 Å². The molecule has 1 N–H and O–H groups in total. The molecule has 2 aromatic rings. The number of sulfone groups is 1. The molecule has 2 aliphatic rings. The zero-order valence-corrected chi connectivity index (χ0v) is 19.6. The Morgan fingerprint density at radius 2 is 1.61 bits per heavy atom. The molecule has 0 bridgehead atoms. The second-order valence-corrected chi connectivity index (χ2v) is 11.4. The third kappa shape index (κ3) is 4.44. The van der Waals surface area contributed by atoms with Crippen LogP contribution in [0.15, 0.2) is 53.4 Å². The molecule has 2 aromatic carbocycles. The predicted molar refractivity (Wildman–Crippen MR) is 125 cm³/mol. The van der Waals surface area contributed by atoms with E-state index in [0.717, 1.165) is 17.7 Å². The monoisotopic (exact) mass is 468 g/mol. The molecule has 8 heteroatoms. The lowest BCUT2D eigenvalue weighted by Gasteiger charge is -2.27. The molecule has 1 fully saturated rings. The van der Waals surface area contributed by atoms with E-state index in [4.69, 9.17) is 0 Å². The molecule has 3 amide bonds. The van der Waals surface area contributed by atoms with Gasteiger partial charge in [-0.3, -0.25) is 19.3 Å². The minimum atomic E-state index is -3.48. The summed E-state index contributed by atoms with van der Waals surface area (Å²) in [5, 5.41) is 2.35.